The van der Waals surface area contributed by atoms with E-state index in [4.69, 9.17) is 25.5 Å². The molecule has 1 aromatic heterocycles. The zero-order chi connectivity index (χ0) is 15.7. The Morgan fingerprint density at radius 3 is 2.77 bits per heavy atom. The number of amides is 1. The standard InChI is InChI=1S/C16H16ClNO4/c1-9-3-4-13(22-9)10(2)18-16(19)11-7-12(17)15-14(8-11)20-5-6-21-15/h3-4,7-8,10H,5-6H2,1-2H3,(H,18,19). The lowest BCUT2D eigenvalue weighted by Crippen LogP contribution is -2.26. The first kappa shape index (κ1) is 14.8. The smallest absolute Gasteiger partial charge is 0.252 e. The van der Waals surface area contributed by atoms with Crippen molar-refractivity contribution in [2.24, 2.45) is 0 Å². The van der Waals surface area contributed by atoms with Crippen LogP contribution >= 0.6 is 11.6 Å². The maximum Gasteiger partial charge on any atom is 0.252 e. The average molecular weight is 322 g/mol. The van der Waals surface area contributed by atoms with Gasteiger partial charge in [0.05, 0.1) is 11.1 Å². The van der Waals surface area contributed by atoms with Crippen LogP contribution in [0.2, 0.25) is 5.02 Å². The molecule has 0 bridgehead atoms. The highest BCUT2D eigenvalue weighted by Gasteiger charge is 2.21. The molecule has 0 spiro atoms. The third-order valence-corrected chi connectivity index (χ3v) is 3.68. The lowest BCUT2D eigenvalue weighted by Gasteiger charge is -2.20. The Kier molecular flexibility index (Phi) is 3.98. The van der Waals surface area contributed by atoms with Crippen molar-refractivity contribution < 1.29 is 18.7 Å². The van der Waals surface area contributed by atoms with Gasteiger partial charge in [-0.3, -0.25) is 4.79 Å². The largest absolute Gasteiger partial charge is 0.486 e. The van der Waals surface area contributed by atoms with Gasteiger partial charge in [-0.15, -0.1) is 0 Å². The van der Waals surface area contributed by atoms with Crippen molar-refractivity contribution in [3.05, 3.63) is 46.4 Å². The van der Waals surface area contributed by atoms with Gasteiger partial charge in [0.2, 0.25) is 0 Å². The fourth-order valence-corrected chi connectivity index (χ4v) is 2.54. The Labute approximate surface area is 133 Å². The Bertz CT molecular complexity index is 710. The first-order valence-electron chi connectivity index (χ1n) is 7.01. The predicted molar refractivity (Wildman–Crippen MR) is 81.8 cm³/mol. The number of rotatable bonds is 3. The molecule has 0 aliphatic carbocycles. The molecule has 116 valence electrons. The summed E-state index contributed by atoms with van der Waals surface area (Å²) >= 11 is 6.14. The summed E-state index contributed by atoms with van der Waals surface area (Å²) in [6.07, 6.45) is 0. The topological polar surface area (TPSA) is 60.7 Å². The first-order valence-corrected chi connectivity index (χ1v) is 7.39. The van der Waals surface area contributed by atoms with Gasteiger partial charge >= 0.3 is 0 Å². The van der Waals surface area contributed by atoms with Crippen molar-refractivity contribution in [1.82, 2.24) is 5.32 Å². The number of ether oxygens (including phenoxy) is 2. The van der Waals surface area contributed by atoms with E-state index in [2.05, 4.69) is 5.32 Å². The Morgan fingerprint density at radius 1 is 1.27 bits per heavy atom. The van der Waals surface area contributed by atoms with Gasteiger partial charge < -0.3 is 19.2 Å². The van der Waals surface area contributed by atoms with Crippen LogP contribution in [0.1, 0.15) is 34.8 Å². The lowest BCUT2D eigenvalue weighted by atomic mass is 10.1. The van der Waals surface area contributed by atoms with E-state index in [1.165, 1.54) is 0 Å². The summed E-state index contributed by atoms with van der Waals surface area (Å²) in [4.78, 5) is 12.4. The monoisotopic (exact) mass is 321 g/mol. The highest BCUT2D eigenvalue weighted by atomic mass is 35.5. The van der Waals surface area contributed by atoms with Crippen molar-refractivity contribution in [2.45, 2.75) is 19.9 Å². The minimum Gasteiger partial charge on any atom is -0.486 e. The normalized spacial score (nSPS) is 14.5. The highest BCUT2D eigenvalue weighted by Crippen LogP contribution is 2.38. The molecule has 1 unspecified atom stereocenters. The molecular weight excluding hydrogens is 306 g/mol. The molecule has 1 atom stereocenters. The van der Waals surface area contributed by atoms with Crippen molar-refractivity contribution in [3.63, 3.8) is 0 Å². The molecule has 2 aromatic rings. The quantitative estimate of drug-likeness (QED) is 0.940. The number of hydrogen-bond acceptors (Lipinski definition) is 4. The number of aryl methyl sites for hydroxylation is 1. The molecule has 6 heteroatoms. The molecule has 1 aromatic carbocycles. The van der Waals surface area contributed by atoms with Crippen LogP contribution in [-0.4, -0.2) is 19.1 Å². The van der Waals surface area contributed by atoms with Crippen molar-refractivity contribution >= 4 is 17.5 Å². The third kappa shape index (κ3) is 2.90. The van der Waals surface area contributed by atoms with Gasteiger partial charge in [0, 0.05) is 5.56 Å². The minimum absolute atomic E-state index is 0.242. The van der Waals surface area contributed by atoms with E-state index in [9.17, 15) is 4.79 Å². The summed E-state index contributed by atoms with van der Waals surface area (Å²) in [5.74, 6) is 2.23. The molecule has 1 amide bonds. The van der Waals surface area contributed by atoms with Crippen LogP contribution in [-0.2, 0) is 0 Å². The van der Waals surface area contributed by atoms with Gasteiger partial charge in [-0.05, 0) is 38.1 Å². The van der Waals surface area contributed by atoms with Crippen LogP contribution in [0.25, 0.3) is 0 Å². The lowest BCUT2D eigenvalue weighted by molar-refractivity contribution is 0.0934. The fraction of sp³-hybridized carbons (Fsp3) is 0.312. The van der Waals surface area contributed by atoms with Crippen molar-refractivity contribution in [1.29, 1.82) is 0 Å². The van der Waals surface area contributed by atoms with E-state index >= 15 is 0 Å². The summed E-state index contributed by atoms with van der Waals surface area (Å²) < 4.78 is 16.4. The molecule has 3 rings (SSSR count). The van der Waals surface area contributed by atoms with Crippen LogP contribution in [0.3, 0.4) is 0 Å². The molecule has 2 heterocycles. The van der Waals surface area contributed by atoms with Gasteiger partial charge in [0.25, 0.3) is 5.91 Å². The number of hydrogen-bond donors (Lipinski definition) is 1. The maximum absolute atomic E-state index is 12.4. The number of furan rings is 1. The second kappa shape index (κ2) is 5.93. The van der Waals surface area contributed by atoms with Gasteiger partial charge in [-0.25, -0.2) is 0 Å². The number of benzene rings is 1. The van der Waals surface area contributed by atoms with Crippen molar-refractivity contribution in [2.75, 3.05) is 13.2 Å². The molecule has 0 radical (unpaired) electrons. The van der Waals surface area contributed by atoms with E-state index in [-0.39, 0.29) is 11.9 Å². The third-order valence-electron chi connectivity index (χ3n) is 3.39. The van der Waals surface area contributed by atoms with Crippen LogP contribution in [0.4, 0.5) is 0 Å². The number of fused-ring (bicyclic) bond motifs is 1. The SMILES string of the molecule is Cc1ccc(C(C)NC(=O)c2cc(Cl)c3c(c2)OCCO3)o1. The summed E-state index contributed by atoms with van der Waals surface area (Å²) in [6, 6.07) is 6.67. The summed E-state index contributed by atoms with van der Waals surface area (Å²) in [5, 5.41) is 3.24. The Morgan fingerprint density at radius 2 is 2.05 bits per heavy atom. The van der Waals surface area contributed by atoms with E-state index in [1.54, 1.807) is 12.1 Å². The van der Waals surface area contributed by atoms with Gasteiger partial charge in [-0.1, -0.05) is 11.6 Å². The fourth-order valence-electron chi connectivity index (χ4n) is 2.28. The van der Waals surface area contributed by atoms with E-state index < -0.39 is 0 Å². The van der Waals surface area contributed by atoms with Gasteiger partial charge in [-0.2, -0.15) is 0 Å². The highest BCUT2D eigenvalue weighted by molar-refractivity contribution is 6.32. The number of carbonyl (C=O) groups is 1. The zero-order valence-corrected chi connectivity index (χ0v) is 13.1. The molecule has 22 heavy (non-hydrogen) atoms. The number of carbonyl (C=O) groups excluding carboxylic acids is 1. The van der Waals surface area contributed by atoms with Gasteiger partial charge in [0.1, 0.15) is 24.7 Å². The summed E-state index contributed by atoms with van der Waals surface area (Å²) in [6.45, 7) is 4.61. The van der Waals surface area contributed by atoms with Crippen LogP contribution in [0.5, 0.6) is 11.5 Å². The van der Waals surface area contributed by atoms with Crippen LogP contribution in [0.15, 0.2) is 28.7 Å². The van der Waals surface area contributed by atoms with Crippen molar-refractivity contribution in [3.8, 4) is 11.5 Å². The van der Waals surface area contributed by atoms with E-state index in [1.807, 2.05) is 26.0 Å². The first-order chi connectivity index (χ1) is 10.5. The van der Waals surface area contributed by atoms with E-state index in [0.29, 0.717) is 41.1 Å². The molecular formula is C16H16ClNO4. The van der Waals surface area contributed by atoms with E-state index in [0.717, 1.165) is 5.76 Å². The molecule has 5 nitrogen and oxygen atoms in total. The summed E-state index contributed by atoms with van der Waals surface area (Å²) in [5.41, 5.74) is 0.421. The van der Waals surface area contributed by atoms with Gasteiger partial charge in [0.15, 0.2) is 11.5 Å². The molecule has 0 fully saturated rings. The van der Waals surface area contributed by atoms with Crippen LogP contribution in [0, 0.1) is 6.92 Å². The Hall–Kier alpha value is -2.14. The minimum atomic E-state index is -0.250. The second-order valence-electron chi connectivity index (χ2n) is 5.13. The number of nitrogens with one attached hydrogen (secondary N) is 1. The molecule has 1 N–H and O–H groups in total. The summed E-state index contributed by atoms with van der Waals surface area (Å²) in [7, 11) is 0. The number of halogens is 1. The Balaban J connectivity index is 1.79. The molecule has 1 aliphatic heterocycles. The molecule has 0 saturated carbocycles. The predicted octanol–water partition coefficient (Wildman–Crippen LogP) is 3.50. The average Bonchev–Trinajstić information content (AvgIpc) is 2.94. The molecule has 1 aliphatic rings. The second-order valence-corrected chi connectivity index (χ2v) is 5.53. The van der Waals surface area contributed by atoms with Crippen LogP contribution < -0.4 is 14.8 Å². The zero-order valence-electron chi connectivity index (χ0n) is 12.3. The maximum atomic E-state index is 12.4. The molecule has 0 saturated heterocycles.